The van der Waals surface area contributed by atoms with Gasteiger partial charge >= 0.3 is 12.1 Å². The van der Waals surface area contributed by atoms with Gasteiger partial charge in [-0.3, -0.25) is 0 Å². The van der Waals surface area contributed by atoms with Crippen LogP contribution in [0.1, 0.15) is 11.1 Å². The van der Waals surface area contributed by atoms with Crippen molar-refractivity contribution in [3.63, 3.8) is 0 Å². The van der Waals surface area contributed by atoms with Gasteiger partial charge in [-0.2, -0.15) is 5.01 Å². The number of imide groups is 1. The lowest BCUT2D eigenvalue weighted by Gasteiger charge is -2.23. The summed E-state index contributed by atoms with van der Waals surface area (Å²) in [6, 6.07) is 13.4. The molecule has 2 aromatic rings. The molecule has 6 nitrogen and oxygen atoms in total. The van der Waals surface area contributed by atoms with Crippen molar-refractivity contribution in [2.45, 2.75) is 13.1 Å². The van der Waals surface area contributed by atoms with Gasteiger partial charge in [0.2, 0.25) is 0 Å². The molecule has 0 bridgehead atoms. The van der Waals surface area contributed by atoms with E-state index in [1.807, 2.05) is 24.3 Å². The number of carbonyl (C=O) groups excluding carboxylic acids is 2. The predicted octanol–water partition coefficient (Wildman–Crippen LogP) is 3.73. The molecule has 136 valence electrons. The molecule has 3 rings (SSSR count). The third-order valence-corrected chi connectivity index (χ3v) is 4.67. The minimum atomic E-state index is -0.524. The van der Waals surface area contributed by atoms with Gasteiger partial charge in [0.25, 0.3) is 0 Å². The lowest BCUT2D eigenvalue weighted by molar-refractivity contribution is 0.153. The van der Waals surface area contributed by atoms with E-state index in [0.29, 0.717) is 41.2 Å². The second-order valence-corrected chi connectivity index (χ2v) is 6.90. The minimum Gasteiger partial charge on any atom is -0.317 e. The number of halogens is 2. The molecule has 1 saturated heterocycles. The first-order valence-electron chi connectivity index (χ1n) is 8.05. The molecule has 0 aliphatic carbocycles. The van der Waals surface area contributed by atoms with Gasteiger partial charge in [-0.1, -0.05) is 47.5 Å². The van der Waals surface area contributed by atoms with Crippen LogP contribution in [0.4, 0.5) is 9.59 Å². The van der Waals surface area contributed by atoms with Crippen LogP contribution in [0.3, 0.4) is 0 Å². The zero-order valence-corrected chi connectivity index (χ0v) is 15.5. The van der Waals surface area contributed by atoms with Crippen molar-refractivity contribution in [1.29, 1.82) is 0 Å². The van der Waals surface area contributed by atoms with Crippen molar-refractivity contribution >= 4 is 35.3 Å². The molecular weight excluding hydrogens is 375 g/mol. The molecule has 1 heterocycles. The molecule has 0 spiro atoms. The van der Waals surface area contributed by atoms with E-state index >= 15 is 0 Å². The summed E-state index contributed by atoms with van der Waals surface area (Å²) in [7, 11) is 0. The Labute approximate surface area is 161 Å². The quantitative estimate of drug-likeness (QED) is 0.636. The molecule has 0 radical (unpaired) electrons. The third kappa shape index (κ3) is 4.27. The summed E-state index contributed by atoms with van der Waals surface area (Å²) in [5, 5.41) is 1.92. The van der Waals surface area contributed by atoms with Gasteiger partial charge in [-0.15, -0.1) is 0 Å². The highest BCUT2D eigenvalue weighted by atomic mass is 35.5. The number of nitrogens with zero attached hydrogens (tertiary/aromatic N) is 3. The van der Waals surface area contributed by atoms with Crippen LogP contribution in [0.25, 0.3) is 0 Å². The second kappa shape index (κ2) is 7.95. The average Bonchev–Trinajstić information content (AvgIpc) is 2.73. The van der Waals surface area contributed by atoms with E-state index in [1.165, 1.54) is 0 Å². The zero-order valence-electron chi connectivity index (χ0n) is 13.9. The molecule has 0 unspecified atom stereocenters. The number of hydrazine groups is 1. The first-order chi connectivity index (χ1) is 12.4. The van der Waals surface area contributed by atoms with E-state index in [4.69, 9.17) is 29.0 Å². The minimum absolute atomic E-state index is 0.353. The molecule has 8 heteroatoms. The maximum absolute atomic E-state index is 12.5. The highest BCUT2D eigenvalue weighted by Gasteiger charge is 2.32. The molecular formula is C18H18Cl2N4O2. The summed E-state index contributed by atoms with van der Waals surface area (Å²) in [6.07, 6.45) is 0. The number of hydrogen-bond donors (Lipinski definition) is 1. The number of benzene rings is 2. The molecule has 1 aliphatic rings. The Bertz CT molecular complexity index is 728. The predicted molar refractivity (Wildman–Crippen MR) is 101 cm³/mol. The Morgan fingerprint density at radius 1 is 0.731 bits per heavy atom. The van der Waals surface area contributed by atoms with Crippen molar-refractivity contribution in [3.05, 3.63) is 69.7 Å². The standard InChI is InChI=1S/C18H18Cl2N4O2/c19-15-5-1-13(2-6-15)11-22-9-10-23(18(26)24(21)17(22)25)12-14-3-7-16(20)8-4-14/h1-8H,9-12,21H2. The van der Waals surface area contributed by atoms with Gasteiger partial charge in [0, 0.05) is 36.2 Å². The van der Waals surface area contributed by atoms with Gasteiger partial charge in [0.05, 0.1) is 0 Å². The molecule has 0 aromatic heterocycles. The second-order valence-electron chi connectivity index (χ2n) is 6.03. The number of carbonyl (C=O) groups is 2. The monoisotopic (exact) mass is 392 g/mol. The molecule has 2 aromatic carbocycles. The summed E-state index contributed by atoms with van der Waals surface area (Å²) in [5.74, 6) is 5.77. The van der Waals surface area contributed by atoms with E-state index in [2.05, 4.69) is 0 Å². The first kappa shape index (κ1) is 18.5. The van der Waals surface area contributed by atoms with Crippen molar-refractivity contribution in [2.24, 2.45) is 5.84 Å². The molecule has 4 amide bonds. The summed E-state index contributed by atoms with van der Waals surface area (Å²) in [4.78, 5) is 28.1. The molecule has 0 atom stereocenters. The van der Waals surface area contributed by atoms with Gasteiger partial charge in [0.1, 0.15) is 0 Å². The SMILES string of the molecule is NN1C(=O)N(Cc2ccc(Cl)cc2)CCN(Cc2ccc(Cl)cc2)C1=O. The van der Waals surface area contributed by atoms with Gasteiger partial charge in [0.15, 0.2) is 0 Å². The fourth-order valence-electron chi connectivity index (χ4n) is 2.73. The highest BCUT2D eigenvalue weighted by Crippen LogP contribution is 2.17. The highest BCUT2D eigenvalue weighted by molar-refractivity contribution is 6.30. The van der Waals surface area contributed by atoms with Crippen LogP contribution in [0.15, 0.2) is 48.5 Å². The van der Waals surface area contributed by atoms with Crippen molar-refractivity contribution in [3.8, 4) is 0 Å². The van der Waals surface area contributed by atoms with Gasteiger partial charge < -0.3 is 9.80 Å². The molecule has 1 aliphatic heterocycles. The van der Waals surface area contributed by atoms with Crippen LogP contribution in [0.5, 0.6) is 0 Å². The van der Waals surface area contributed by atoms with E-state index in [1.54, 1.807) is 34.1 Å². The Hall–Kier alpha value is -2.28. The topological polar surface area (TPSA) is 69.9 Å². The van der Waals surface area contributed by atoms with Crippen LogP contribution in [0, 0.1) is 0 Å². The molecule has 26 heavy (non-hydrogen) atoms. The van der Waals surface area contributed by atoms with Crippen molar-refractivity contribution < 1.29 is 9.59 Å². The number of rotatable bonds is 4. The fraction of sp³-hybridized carbons (Fsp3) is 0.222. The third-order valence-electron chi connectivity index (χ3n) is 4.17. The van der Waals surface area contributed by atoms with Crippen molar-refractivity contribution in [1.82, 2.24) is 14.8 Å². The van der Waals surface area contributed by atoms with Crippen LogP contribution in [-0.2, 0) is 13.1 Å². The van der Waals surface area contributed by atoms with E-state index in [-0.39, 0.29) is 0 Å². The zero-order chi connectivity index (χ0) is 18.7. The first-order valence-corrected chi connectivity index (χ1v) is 8.81. The van der Waals surface area contributed by atoms with Crippen LogP contribution >= 0.6 is 23.2 Å². The van der Waals surface area contributed by atoms with Crippen LogP contribution in [-0.4, -0.2) is 40.0 Å². The van der Waals surface area contributed by atoms with E-state index in [9.17, 15) is 9.59 Å². The Kier molecular flexibility index (Phi) is 5.66. The van der Waals surface area contributed by atoms with Gasteiger partial charge in [-0.05, 0) is 35.4 Å². The van der Waals surface area contributed by atoms with Crippen LogP contribution < -0.4 is 5.84 Å². The fourth-order valence-corrected chi connectivity index (χ4v) is 2.99. The number of amides is 4. The van der Waals surface area contributed by atoms with E-state index < -0.39 is 12.1 Å². The lowest BCUT2D eigenvalue weighted by Crippen LogP contribution is -2.50. The molecule has 0 saturated carbocycles. The Morgan fingerprint density at radius 3 is 1.42 bits per heavy atom. The maximum atomic E-state index is 12.5. The van der Waals surface area contributed by atoms with Crippen LogP contribution in [0.2, 0.25) is 10.0 Å². The maximum Gasteiger partial charge on any atom is 0.343 e. The van der Waals surface area contributed by atoms with Crippen molar-refractivity contribution in [2.75, 3.05) is 13.1 Å². The molecule has 2 N–H and O–H groups in total. The smallest absolute Gasteiger partial charge is 0.317 e. The summed E-state index contributed by atoms with van der Waals surface area (Å²) in [6.45, 7) is 1.47. The molecule has 1 fully saturated rings. The summed E-state index contributed by atoms with van der Waals surface area (Å²) < 4.78 is 0. The largest absolute Gasteiger partial charge is 0.343 e. The summed E-state index contributed by atoms with van der Waals surface area (Å²) >= 11 is 11.8. The lowest BCUT2D eigenvalue weighted by atomic mass is 10.2. The van der Waals surface area contributed by atoms with Gasteiger partial charge in [-0.25, -0.2) is 15.4 Å². The Balaban J connectivity index is 1.72. The number of hydrogen-bond acceptors (Lipinski definition) is 3. The summed E-state index contributed by atoms with van der Waals surface area (Å²) in [5.41, 5.74) is 1.82. The Morgan fingerprint density at radius 2 is 1.08 bits per heavy atom. The van der Waals surface area contributed by atoms with E-state index in [0.717, 1.165) is 11.1 Å². The average molecular weight is 393 g/mol. The number of urea groups is 2. The normalized spacial score (nSPS) is 15.4. The number of nitrogens with two attached hydrogens (primary N) is 1.